The van der Waals surface area contributed by atoms with Crippen LogP contribution in [0.2, 0.25) is 0 Å². The number of fused-ring (bicyclic) bond motifs is 5. The summed E-state index contributed by atoms with van der Waals surface area (Å²) in [5.41, 5.74) is 12.0. The zero-order chi connectivity index (χ0) is 32.3. The van der Waals surface area contributed by atoms with Crippen molar-refractivity contribution in [3.63, 3.8) is 0 Å². The molecule has 0 saturated heterocycles. The molecule has 0 fully saturated rings. The molecule has 0 amide bonds. The van der Waals surface area contributed by atoms with Crippen LogP contribution in [-0.4, -0.2) is 4.57 Å². The van der Waals surface area contributed by atoms with Gasteiger partial charge in [-0.15, -0.1) is 0 Å². The number of rotatable bonds is 5. The number of hydrogen-bond acceptors (Lipinski definition) is 2. The van der Waals surface area contributed by atoms with Crippen molar-refractivity contribution in [3.8, 4) is 27.9 Å². The normalized spacial score (nSPS) is 12.0. The Bertz CT molecular complexity index is 2640. The van der Waals surface area contributed by atoms with Crippen molar-refractivity contribution in [2.24, 2.45) is 0 Å². The third-order valence-corrected chi connectivity index (χ3v) is 10.9. The van der Waals surface area contributed by atoms with E-state index in [1.807, 2.05) is 11.8 Å². The van der Waals surface area contributed by atoms with Crippen LogP contribution >= 0.6 is 11.8 Å². The van der Waals surface area contributed by atoms with Crippen LogP contribution in [0.5, 0.6) is 0 Å². The molecular formula is C46H30N2S. The topological polar surface area (TPSA) is 8.17 Å². The van der Waals surface area contributed by atoms with Crippen LogP contribution in [0.25, 0.3) is 60.5 Å². The summed E-state index contributed by atoms with van der Waals surface area (Å²) in [6.45, 7) is 0. The van der Waals surface area contributed by atoms with Crippen molar-refractivity contribution in [1.29, 1.82) is 0 Å². The van der Waals surface area contributed by atoms with Gasteiger partial charge < -0.3 is 9.47 Å². The van der Waals surface area contributed by atoms with Gasteiger partial charge in [0.1, 0.15) is 0 Å². The van der Waals surface area contributed by atoms with Crippen LogP contribution in [0.1, 0.15) is 0 Å². The van der Waals surface area contributed by atoms with Gasteiger partial charge in [-0.05, 0) is 119 Å². The second-order valence-electron chi connectivity index (χ2n) is 12.6. The van der Waals surface area contributed by atoms with Gasteiger partial charge in [-0.3, -0.25) is 0 Å². The molecule has 0 N–H and O–H groups in total. The molecule has 0 unspecified atom stereocenters. The molecule has 2 nitrogen and oxygen atoms in total. The molecule has 0 aliphatic carbocycles. The summed E-state index contributed by atoms with van der Waals surface area (Å²) in [5.74, 6) is 0. The Kier molecular flexibility index (Phi) is 6.46. The van der Waals surface area contributed by atoms with Gasteiger partial charge in [0.05, 0.1) is 11.0 Å². The molecule has 1 aliphatic heterocycles. The van der Waals surface area contributed by atoms with Gasteiger partial charge in [0.25, 0.3) is 0 Å². The summed E-state index contributed by atoms with van der Waals surface area (Å²) in [7, 11) is 0. The van der Waals surface area contributed by atoms with Crippen LogP contribution < -0.4 is 4.90 Å². The molecule has 0 atom stereocenters. The molecule has 0 bridgehead atoms. The average molecular weight is 643 g/mol. The predicted octanol–water partition coefficient (Wildman–Crippen LogP) is 13.2. The Morgan fingerprint density at radius 1 is 0.408 bits per heavy atom. The van der Waals surface area contributed by atoms with Crippen molar-refractivity contribution in [3.05, 3.63) is 182 Å². The van der Waals surface area contributed by atoms with Gasteiger partial charge in [-0.2, -0.15) is 0 Å². The minimum absolute atomic E-state index is 1.14. The van der Waals surface area contributed by atoms with Gasteiger partial charge in [0.2, 0.25) is 0 Å². The van der Waals surface area contributed by atoms with E-state index in [0.29, 0.717) is 0 Å². The van der Waals surface area contributed by atoms with Crippen molar-refractivity contribution >= 4 is 61.4 Å². The van der Waals surface area contributed by atoms with E-state index in [1.54, 1.807) is 0 Å². The van der Waals surface area contributed by atoms with Crippen LogP contribution in [0, 0.1) is 0 Å². The molecule has 2 heterocycles. The highest BCUT2D eigenvalue weighted by Gasteiger charge is 2.23. The van der Waals surface area contributed by atoms with E-state index in [4.69, 9.17) is 0 Å². The Labute approximate surface area is 289 Å². The van der Waals surface area contributed by atoms with Crippen LogP contribution in [0.3, 0.4) is 0 Å². The first-order chi connectivity index (χ1) is 24.3. The standard InChI is InChI=1S/C46H30N2S/c1-4-14-34(15-5-1)47(35-16-6-2-7-17-35)37-24-26-44-40(30-37)41-29-33(27-32-13-12-22-45(49-44)46(32)41)31-23-25-43-39(28-31)38-20-10-11-21-42(38)48(43)36-18-8-3-9-19-36/h1-30H. The maximum atomic E-state index is 2.42. The predicted molar refractivity (Wildman–Crippen MR) is 208 cm³/mol. The van der Waals surface area contributed by atoms with Crippen LogP contribution in [0.15, 0.2) is 192 Å². The fourth-order valence-electron chi connectivity index (χ4n) is 7.54. The molecule has 1 aromatic heterocycles. The first kappa shape index (κ1) is 28.0. The van der Waals surface area contributed by atoms with E-state index in [-0.39, 0.29) is 0 Å². The first-order valence-electron chi connectivity index (χ1n) is 16.7. The van der Waals surface area contributed by atoms with Gasteiger partial charge in [0, 0.05) is 48.7 Å². The maximum absolute atomic E-state index is 2.42. The molecule has 49 heavy (non-hydrogen) atoms. The van der Waals surface area contributed by atoms with Crippen molar-refractivity contribution in [2.45, 2.75) is 9.79 Å². The van der Waals surface area contributed by atoms with E-state index < -0.39 is 0 Å². The first-order valence-corrected chi connectivity index (χ1v) is 17.5. The number of para-hydroxylation sites is 4. The smallest absolute Gasteiger partial charge is 0.0541 e. The highest BCUT2D eigenvalue weighted by molar-refractivity contribution is 7.99. The number of hydrogen-bond donors (Lipinski definition) is 0. The second kappa shape index (κ2) is 11.3. The fraction of sp³-hybridized carbons (Fsp3) is 0. The molecule has 0 radical (unpaired) electrons. The van der Waals surface area contributed by atoms with E-state index in [1.165, 1.54) is 70.3 Å². The van der Waals surface area contributed by atoms with E-state index in [0.717, 1.165) is 17.1 Å². The molecule has 0 saturated carbocycles. The molecule has 0 spiro atoms. The van der Waals surface area contributed by atoms with Gasteiger partial charge in [0.15, 0.2) is 0 Å². The number of aromatic nitrogens is 1. The summed E-state index contributed by atoms with van der Waals surface area (Å²) in [5, 5.41) is 5.12. The quantitative estimate of drug-likeness (QED) is 0.185. The summed E-state index contributed by atoms with van der Waals surface area (Å²) < 4.78 is 2.38. The summed E-state index contributed by atoms with van der Waals surface area (Å²) >= 11 is 1.87. The summed E-state index contributed by atoms with van der Waals surface area (Å²) in [6, 6.07) is 66.2. The van der Waals surface area contributed by atoms with Gasteiger partial charge in [-0.1, -0.05) is 103 Å². The van der Waals surface area contributed by atoms with E-state index in [9.17, 15) is 0 Å². The highest BCUT2D eigenvalue weighted by Crippen LogP contribution is 2.51. The molecular weight excluding hydrogens is 613 g/mol. The highest BCUT2D eigenvalue weighted by atomic mass is 32.2. The lowest BCUT2D eigenvalue weighted by molar-refractivity contribution is 1.18. The zero-order valence-corrected chi connectivity index (χ0v) is 27.4. The van der Waals surface area contributed by atoms with E-state index >= 15 is 0 Å². The Balaban J connectivity index is 1.17. The molecule has 230 valence electrons. The maximum Gasteiger partial charge on any atom is 0.0541 e. The third kappa shape index (κ3) is 4.58. The van der Waals surface area contributed by atoms with Crippen molar-refractivity contribution < 1.29 is 0 Å². The minimum Gasteiger partial charge on any atom is -0.310 e. The molecule has 10 rings (SSSR count). The number of benzene rings is 8. The zero-order valence-electron chi connectivity index (χ0n) is 26.6. The lowest BCUT2D eigenvalue weighted by Crippen LogP contribution is -2.10. The molecule has 1 aliphatic rings. The average Bonchev–Trinajstić information content (AvgIpc) is 3.50. The molecule has 8 aromatic carbocycles. The lowest BCUT2D eigenvalue weighted by atomic mass is 9.91. The van der Waals surface area contributed by atoms with Crippen molar-refractivity contribution in [1.82, 2.24) is 4.57 Å². The minimum atomic E-state index is 1.14. The number of nitrogens with zero attached hydrogens (tertiary/aromatic N) is 2. The SMILES string of the molecule is c1ccc(N(c2ccccc2)c2ccc3c(c2)-c2cc(-c4ccc5c(c4)c4ccccc4n5-c4ccccc4)cc4cccc(c24)S3)cc1. The Morgan fingerprint density at radius 3 is 1.88 bits per heavy atom. The summed E-state index contributed by atoms with van der Waals surface area (Å²) in [6.07, 6.45) is 0. The lowest BCUT2D eigenvalue weighted by Gasteiger charge is -2.28. The number of anilines is 3. The third-order valence-electron chi connectivity index (χ3n) is 9.72. The van der Waals surface area contributed by atoms with Gasteiger partial charge >= 0.3 is 0 Å². The Morgan fingerprint density at radius 2 is 1.10 bits per heavy atom. The second-order valence-corrected chi connectivity index (χ2v) is 13.7. The fourth-order valence-corrected chi connectivity index (χ4v) is 8.67. The summed E-state index contributed by atoms with van der Waals surface area (Å²) in [4.78, 5) is 4.94. The monoisotopic (exact) mass is 642 g/mol. The molecule has 9 aromatic rings. The van der Waals surface area contributed by atoms with Gasteiger partial charge in [-0.25, -0.2) is 0 Å². The van der Waals surface area contributed by atoms with Crippen LogP contribution in [0.4, 0.5) is 17.1 Å². The van der Waals surface area contributed by atoms with Crippen LogP contribution in [-0.2, 0) is 0 Å². The molecule has 3 heteroatoms. The Hall–Kier alpha value is -6.03. The van der Waals surface area contributed by atoms with E-state index in [2.05, 4.69) is 191 Å². The largest absolute Gasteiger partial charge is 0.310 e. The van der Waals surface area contributed by atoms with Crippen molar-refractivity contribution in [2.75, 3.05) is 4.90 Å².